The first-order chi connectivity index (χ1) is 7.38. The molecular weight excluding hydrogens is 255 g/mol. The van der Waals surface area contributed by atoms with E-state index in [0.717, 1.165) is 31.0 Å². The maximum atomic E-state index is 8.69. The van der Waals surface area contributed by atoms with Crippen LogP contribution in [0.2, 0.25) is 0 Å². The third kappa shape index (κ3) is 4.95. The molecule has 1 fully saturated rings. The molecule has 1 saturated heterocycles. The number of hydrogen-bond donors (Lipinski definition) is 1. The summed E-state index contributed by atoms with van der Waals surface area (Å²) in [6, 6.07) is 10.1. The standard InChI is InChI=1S/C13H16N2.2ClH/c14-10-13-3-1-11(2-4-13)9-12-5-7-15-8-6-12;;/h1-4,12,15H,5-9H2;2*1H. The molecule has 1 heterocycles. The predicted octanol–water partition coefficient (Wildman–Crippen LogP) is 2.94. The number of nitrogens with zero attached hydrogens (tertiary/aromatic N) is 1. The zero-order valence-electron chi connectivity index (χ0n) is 9.69. The predicted molar refractivity (Wildman–Crippen MR) is 75.0 cm³/mol. The fraction of sp³-hybridized carbons (Fsp3) is 0.462. The van der Waals surface area contributed by atoms with Crippen molar-refractivity contribution >= 4 is 24.8 Å². The molecule has 17 heavy (non-hydrogen) atoms. The summed E-state index contributed by atoms with van der Waals surface area (Å²) in [5.41, 5.74) is 2.12. The molecule has 0 spiro atoms. The fourth-order valence-corrected chi connectivity index (χ4v) is 2.13. The van der Waals surface area contributed by atoms with Gasteiger partial charge < -0.3 is 5.32 Å². The minimum Gasteiger partial charge on any atom is -0.317 e. The van der Waals surface area contributed by atoms with Crippen molar-refractivity contribution in [2.45, 2.75) is 19.3 Å². The first-order valence-electron chi connectivity index (χ1n) is 5.58. The smallest absolute Gasteiger partial charge is 0.0991 e. The quantitative estimate of drug-likeness (QED) is 0.899. The Hall–Kier alpha value is -0.750. The van der Waals surface area contributed by atoms with E-state index in [0.29, 0.717) is 0 Å². The lowest BCUT2D eigenvalue weighted by Gasteiger charge is -2.22. The van der Waals surface area contributed by atoms with E-state index in [4.69, 9.17) is 5.26 Å². The Balaban J connectivity index is 0.00000128. The number of halogens is 2. The van der Waals surface area contributed by atoms with Crippen molar-refractivity contribution in [1.29, 1.82) is 5.26 Å². The van der Waals surface area contributed by atoms with E-state index >= 15 is 0 Å². The topological polar surface area (TPSA) is 35.8 Å². The molecule has 0 bridgehead atoms. The van der Waals surface area contributed by atoms with E-state index in [2.05, 4.69) is 23.5 Å². The van der Waals surface area contributed by atoms with Gasteiger partial charge in [0, 0.05) is 0 Å². The van der Waals surface area contributed by atoms with Gasteiger partial charge in [-0.1, -0.05) is 12.1 Å². The maximum Gasteiger partial charge on any atom is 0.0991 e. The third-order valence-corrected chi connectivity index (χ3v) is 3.07. The summed E-state index contributed by atoms with van der Waals surface area (Å²) in [5, 5.41) is 12.1. The van der Waals surface area contributed by atoms with Gasteiger partial charge in [0.2, 0.25) is 0 Å². The van der Waals surface area contributed by atoms with Crippen LogP contribution in [0.1, 0.15) is 24.0 Å². The SMILES string of the molecule is Cl.Cl.N#Cc1ccc(CC2CCNCC2)cc1. The van der Waals surface area contributed by atoms with Crippen LogP contribution in [0.5, 0.6) is 0 Å². The van der Waals surface area contributed by atoms with E-state index in [-0.39, 0.29) is 24.8 Å². The number of nitrogens with one attached hydrogen (secondary N) is 1. The van der Waals surface area contributed by atoms with E-state index in [1.165, 1.54) is 18.4 Å². The molecule has 0 radical (unpaired) electrons. The molecule has 1 aromatic carbocycles. The lowest BCUT2D eigenvalue weighted by molar-refractivity contribution is 0.372. The lowest BCUT2D eigenvalue weighted by Crippen LogP contribution is -2.28. The second-order valence-corrected chi connectivity index (χ2v) is 4.21. The third-order valence-electron chi connectivity index (χ3n) is 3.07. The summed E-state index contributed by atoms with van der Waals surface area (Å²) in [4.78, 5) is 0. The van der Waals surface area contributed by atoms with Crippen LogP contribution in [0, 0.1) is 17.2 Å². The minimum atomic E-state index is 0. The molecule has 2 nitrogen and oxygen atoms in total. The highest BCUT2D eigenvalue weighted by molar-refractivity contribution is 5.85. The van der Waals surface area contributed by atoms with Crippen LogP contribution in [0.4, 0.5) is 0 Å². The second-order valence-electron chi connectivity index (χ2n) is 4.21. The van der Waals surface area contributed by atoms with Crippen LogP contribution in [0.3, 0.4) is 0 Å². The highest BCUT2D eigenvalue weighted by Crippen LogP contribution is 2.18. The average molecular weight is 273 g/mol. The maximum absolute atomic E-state index is 8.69. The molecule has 0 atom stereocenters. The van der Waals surface area contributed by atoms with Crippen LogP contribution >= 0.6 is 24.8 Å². The Morgan fingerprint density at radius 2 is 1.71 bits per heavy atom. The van der Waals surface area contributed by atoms with Gasteiger partial charge in [-0.3, -0.25) is 0 Å². The minimum absolute atomic E-state index is 0. The Morgan fingerprint density at radius 3 is 2.24 bits per heavy atom. The summed E-state index contributed by atoms with van der Waals surface area (Å²) in [6.07, 6.45) is 3.72. The molecule has 4 heteroatoms. The van der Waals surface area contributed by atoms with Crippen LogP contribution < -0.4 is 5.32 Å². The van der Waals surface area contributed by atoms with Crippen LogP contribution in [-0.2, 0) is 6.42 Å². The van der Waals surface area contributed by atoms with Gasteiger partial charge >= 0.3 is 0 Å². The molecule has 0 aromatic heterocycles. The number of piperidine rings is 1. The van der Waals surface area contributed by atoms with E-state index in [1.54, 1.807) is 0 Å². The first kappa shape index (κ1) is 16.2. The first-order valence-corrected chi connectivity index (χ1v) is 5.58. The van der Waals surface area contributed by atoms with Crippen LogP contribution in [0.25, 0.3) is 0 Å². The number of benzene rings is 1. The average Bonchev–Trinajstić information content (AvgIpc) is 2.31. The van der Waals surface area contributed by atoms with E-state index in [9.17, 15) is 0 Å². The molecule has 94 valence electrons. The summed E-state index contributed by atoms with van der Waals surface area (Å²) >= 11 is 0. The van der Waals surface area contributed by atoms with Gasteiger partial charge in [0.25, 0.3) is 0 Å². The summed E-state index contributed by atoms with van der Waals surface area (Å²) in [7, 11) is 0. The summed E-state index contributed by atoms with van der Waals surface area (Å²) < 4.78 is 0. The van der Waals surface area contributed by atoms with Crippen molar-refractivity contribution < 1.29 is 0 Å². The van der Waals surface area contributed by atoms with Gasteiger partial charge in [-0.05, 0) is 56.0 Å². The second kappa shape index (κ2) is 8.36. The van der Waals surface area contributed by atoms with E-state index in [1.807, 2.05) is 12.1 Å². The molecule has 0 unspecified atom stereocenters. The zero-order chi connectivity index (χ0) is 10.5. The Kier molecular flexibility index (Phi) is 7.99. The Bertz CT molecular complexity index is 351. The van der Waals surface area contributed by atoms with Crippen LogP contribution in [0.15, 0.2) is 24.3 Å². The molecule has 1 aliphatic rings. The van der Waals surface area contributed by atoms with Crippen LogP contribution in [-0.4, -0.2) is 13.1 Å². The Morgan fingerprint density at radius 1 is 1.12 bits per heavy atom. The lowest BCUT2D eigenvalue weighted by atomic mass is 9.91. The molecular formula is C13H18Cl2N2. The number of rotatable bonds is 2. The van der Waals surface area contributed by atoms with Gasteiger partial charge in [0.1, 0.15) is 0 Å². The van der Waals surface area contributed by atoms with Crippen molar-refractivity contribution in [3.8, 4) is 6.07 Å². The number of hydrogen-bond acceptors (Lipinski definition) is 2. The largest absolute Gasteiger partial charge is 0.317 e. The van der Waals surface area contributed by atoms with Gasteiger partial charge in [-0.15, -0.1) is 24.8 Å². The van der Waals surface area contributed by atoms with Gasteiger partial charge in [-0.2, -0.15) is 5.26 Å². The summed E-state index contributed by atoms with van der Waals surface area (Å²) in [5.74, 6) is 0.819. The molecule has 1 aromatic rings. The number of nitriles is 1. The van der Waals surface area contributed by atoms with Crippen molar-refractivity contribution in [3.63, 3.8) is 0 Å². The van der Waals surface area contributed by atoms with Gasteiger partial charge in [-0.25, -0.2) is 0 Å². The highest BCUT2D eigenvalue weighted by atomic mass is 35.5. The van der Waals surface area contributed by atoms with Gasteiger partial charge in [0.05, 0.1) is 11.6 Å². The van der Waals surface area contributed by atoms with Crippen molar-refractivity contribution in [2.24, 2.45) is 5.92 Å². The molecule has 0 amide bonds. The molecule has 1 N–H and O–H groups in total. The van der Waals surface area contributed by atoms with Crippen molar-refractivity contribution in [1.82, 2.24) is 5.32 Å². The fourth-order valence-electron chi connectivity index (χ4n) is 2.13. The highest BCUT2D eigenvalue weighted by Gasteiger charge is 2.13. The van der Waals surface area contributed by atoms with E-state index < -0.39 is 0 Å². The molecule has 0 aliphatic carbocycles. The summed E-state index contributed by atoms with van der Waals surface area (Å²) in [6.45, 7) is 2.31. The Labute approximate surface area is 115 Å². The van der Waals surface area contributed by atoms with Gasteiger partial charge in [0.15, 0.2) is 0 Å². The van der Waals surface area contributed by atoms with Crippen molar-refractivity contribution in [2.75, 3.05) is 13.1 Å². The zero-order valence-corrected chi connectivity index (χ0v) is 11.3. The molecule has 0 saturated carbocycles. The normalized spacial score (nSPS) is 15.2. The monoisotopic (exact) mass is 272 g/mol. The molecule has 1 aliphatic heterocycles. The van der Waals surface area contributed by atoms with Crippen molar-refractivity contribution in [3.05, 3.63) is 35.4 Å². The molecule has 2 rings (SSSR count).